The summed E-state index contributed by atoms with van der Waals surface area (Å²) in [5, 5.41) is 18.7. The zero-order valence-electron chi connectivity index (χ0n) is 24.0. The van der Waals surface area contributed by atoms with E-state index in [1.165, 1.54) is 69.8 Å². The molecule has 0 unspecified atom stereocenters. The Hall–Kier alpha value is -1.16. The van der Waals surface area contributed by atoms with Gasteiger partial charge in [-0.1, -0.05) is 77.7 Å². The Balaban J connectivity index is 1.43. The molecule has 7 atom stereocenters. The van der Waals surface area contributed by atoms with Crippen LogP contribution in [0.1, 0.15) is 136 Å². The molecule has 0 aromatic carbocycles. The number of carbonyl (C=O) groups excluding carboxylic acids is 1. The van der Waals surface area contributed by atoms with Crippen molar-refractivity contribution in [3.05, 3.63) is 11.6 Å². The number of aliphatic hydroxyl groups is 1. The zero-order valence-corrected chi connectivity index (χ0v) is 24.0. The summed E-state index contributed by atoms with van der Waals surface area (Å²) in [6.45, 7) is 7.51. The Morgan fingerprint density at radius 2 is 1.51 bits per heavy atom. The molecule has 3 saturated carbocycles. The van der Waals surface area contributed by atoms with Gasteiger partial charge in [0, 0.05) is 13.0 Å². The Kier molecular flexibility index (Phi) is 9.29. The third-order valence-corrected chi connectivity index (χ3v) is 12.2. The molecule has 4 nitrogen and oxygen atoms in total. The van der Waals surface area contributed by atoms with Crippen molar-refractivity contribution in [1.82, 2.24) is 0 Å². The van der Waals surface area contributed by atoms with Gasteiger partial charge in [-0.15, -0.1) is 0 Å². The minimum atomic E-state index is -0.636. The number of hydrogen-bond acceptors (Lipinski definition) is 3. The van der Waals surface area contributed by atoms with Gasteiger partial charge in [0.2, 0.25) is 0 Å². The summed E-state index contributed by atoms with van der Waals surface area (Å²) in [5.41, 5.74) is 1.63. The molecule has 4 aliphatic rings. The molecule has 2 N–H and O–H groups in total. The second-order valence-electron chi connectivity index (χ2n) is 14.1. The molecule has 4 aliphatic carbocycles. The molecule has 210 valence electrons. The molecule has 4 rings (SSSR count). The summed E-state index contributed by atoms with van der Waals surface area (Å²) in [7, 11) is 0. The van der Waals surface area contributed by atoms with Crippen molar-refractivity contribution in [2.75, 3.05) is 6.61 Å². The van der Waals surface area contributed by atoms with E-state index in [9.17, 15) is 14.7 Å². The van der Waals surface area contributed by atoms with Crippen molar-refractivity contribution >= 4 is 11.8 Å². The second-order valence-corrected chi connectivity index (χ2v) is 14.1. The molecule has 4 heteroatoms. The number of carboxylic acids is 1. The van der Waals surface area contributed by atoms with Gasteiger partial charge in [0.05, 0.1) is 6.42 Å². The molecule has 0 aliphatic heterocycles. The van der Waals surface area contributed by atoms with Gasteiger partial charge >= 0.3 is 5.97 Å². The van der Waals surface area contributed by atoms with Crippen LogP contribution in [0, 0.1) is 39.9 Å². The quantitative estimate of drug-likeness (QED) is 0.243. The second kappa shape index (κ2) is 11.9. The maximum Gasteiger partial charge on any atom is 0.303 e. The first-order valence-corrected chi connectivity index (χ1v) is 15.7. The molecule has 0 saturated heterocycles. The van der Waals surface area contributed by atoms with E-state index in [1.807, 2.05) is 6.08 Å². The number of carboxylic acid groups (broad SMARTS) is 1. The molecule has 0 spiro atoms. The van der Waals surface area contributed by atoms with Crippen LogP contribution in [0.3, 0.4) is 0 Å². The van der Waals surface area contributed by atoms with Gasteiger partial charge in [-0.05, 0) is 97.4 Å². The van der Waals surface area contributed by atoms with E-state index in [2.05, 4.69) is 20.8 Å². The topological polar surface area (TPSA) is 74.6 Å². The predicted octanol–water partition coefficient (Wildman–Crippen LogP) is 8.12. The van der Waals surface area contributed by atoms with Gasteiger partial charge in [-0.25, -0.2) is 0 Å². The number of aliphatic carboxylic acids is 1. The number of allylic oxidation sites excluding steroid dienone is 1. The van der Waals surface area contributed by atoms with E-state index in [1.54, 1.807) is 0 Å². The Labute approximate surface area is 226 Å². The van der Waals surface area contributed by atoms with Gasteiger partial charge < -0.3 is 10.2 Å². The number of aliphatic hydroxyl groups excluding tert-OH is 1. The van der Waals surface area contributed by atoms with E-state index in [4.69, 9.17) is 5.11 Å². The standard InChI is InChI=1S/C33H54O4/c1-31(23-29(36)37)17-15-28-30-24(13-11-9-7-5-4-6-8-10-12-20-34)21-25-22-26(35)14-18-32(25,2)27(30)16-19-33(28,31)3/h22,24,27-28,30,34H,4-21,23H2,1-3H3,(H,36,37)/t24-,27+,28+,30-,31-,32+,33+/m1/s1. The van der Waals surface area contributed by atoms with Crippen LogP contribution in [0.15, 0.2) is 11.6 Å². The van der Waals surface area contributed by atoms with Gasteiger partial charge in [0.25, 0.3) is 0 Å². The normalized spacial score (nSPS) is 39.0. The molecule has 0 bridgehead atoms. The summed E-state index contributed by atoms with van der Waals surface area (Å²) in [6.07, 6.45) is 22.2. The minimum absolute atomic E-state index is 0.101. The number of hydrogen-bond donors (Lipinski definition) is 2. The third kappa shape index (κ3) is 5.75. The smallest absolute Gasteiger partial charge is 0.303 e. The highest BCUT2D eigenvalue weighted by Gasteiger charge is 2.64. The summed E-state index contributed by atoms with van der Waals surface area (Å²) < 4.78 is 0. The average molecular weight is 515 g/mol. The number of carbonyl (C=O) groups is 2. The van der Waals surface area contributed by atoms with Crippen LogP contribution in [-0.2, 0) is 9.59 Å². The summed E-state index contributed by atoms with van der Waals surface area (Å²) in [4.78, 5) is 24.3. The van der Waals surface area contributed by atoms with E-state index in [0.717, 1.165) is 38.5 Å². The van der Waals surface area contributed by atoms with Crippen LogP contribution >= 0.6 is 0 Å². The molecule has 37 heavy (non-hydrogen) atoms. The number of fused-ring (bicyclic) bond motifs is 5. The lowest BCUT2D eigenvalue weighted by Gasteiger charge is -2.62. The van der Waals surface area contributed by atoms with Crippen molar-refractivity contribution < 1.29 is 19.8 Å². The summed E-state index contributed by atoms with van der Waals surface area (Å²) >= 11 is 0. The van der Waals surface area contributed by atoms with Gasteiger partial charge in [0.1, 0.15) is 0 Å². The van der Waals surface area contributed by atoms with Crippen LogP contribution in [0.2, 0.25) is 0 Å². The van der Waals surface area contributed by atoms with Gasteiger partial charge in [-0.2, -0.15) is 0 Å². The predicted molar refractivity (Wildman–Crippen MR) is 149 cm³/mol. The molecule has 0 amide bonds. The van der Waals surface area contributed by atoms with E-state index in [0.29, 0.717) is 48.9 Å². The zero-order chi connectivity index (χ0) is 26.7. The fraction of sp³-hybridized carbons (Fsp3) is 0.879. The minimum Gasteiger partial charge on any atom is -0.481 e. The number of unbranched alkanes of at least 4 members (excludes halogenated alkanes) is 8. The third-order valence-electron chi connectivity index (χ3n) is 12.2. The lowest BCUT2D eigenvalue weighted by Crippen LogP contribution is -2.55. The highest BCUT2D eigenvalue weighted by atomic mass is 16.4. The average Bonchev–Trinajstić information content (AvgIpc) is 3.10. The van der Waals surface area contributed by atoms with Crippen LogP contribution in [0.5, 0.6) is 0 Å². The Morgan fingerprint density at radius 1 is 0.892 bits per heavy atom. The fourth-order valence-electron chi connectivity index (χ4n) is 9.74. The highest BCUT2D eigenvalue weighted by molar-refractivity contribution is 5.91. The molecule has 0 aromatic rings. The molecule has 3 fully saturated rings. The van der Waals surface area contributed by atoms with Crippen molar-refractivity contribution in [1.29, 1.82) is 0 Å². The maximum absolute atomic E-state index is 12.4. The van der Waals surface area contributed by atoms with Crippen molar-refractivity contribution in [2.45, 2.75) is 136 Å². The first kappa shape index (κ1) is 28.8. The molecular formula is C33H54O4. The number of ketones is 1. The van der Waals surface area contributed by atoms with Crippen LogP contribution < -0.4 is 0 Å². The summed E-state index contributed by atoms with van der Waals surface area (Å²) in [5.74, 6) is 2.29. The van der Waals surface area contributed by atoms with Crippen molar-refractivity contribution in [3.63, 3.8) is 0 Å². The van der Waals surface area contributed by atoms with Crippen molar-refractivity contribution in [2.24, 2.45) is 39.9 Å². The fourth-order valence-corrected chi connectivity index (χ4v) is 9.74. The molecular weight excluding hydrogens is 460 g/mol. The van der Waals surface area contributed by atoms with Crippen molar-refractivity contribution in [3.8, 4) is 0 Å². The van der Waals surface area contributed by atoms with Crippen LogP contribution in [0.25, 0.3) is 0 Å². The highest BCUT2D eigenvalue weighted by Crippen LogP contribution is 2.71. The van der Waals surface area contributed by atoms with Gasteiger partial charge in [0.15, 0.2) is 5.78 Å². The van der Waals surface area contributed by atoms with E-state index >= 15 is 0 Å². The summed E-state index contributed by atoms with van der Waals surface area (Å²) in [6, 6.07) is 0. The molecule has 0 heterocycles. The monoisotopic (exact) mass is 514 g/mol. The Morgan fingerprint density at radius 3 is 2.16 bits per heavy atom. The maximum atomic E-state index is 12.4. The van der Waals surface area contributed by atoms with Crippen LogP contribution in [0.4, 0.5) is 0 Å². The first-order chi connectivity index (χ1) is 17.6. The van der Waals surface area contributed by atoms with Gasteiger partial charge in [-0.3, -0.25) is 9.59 Å². The van der Waals surface area contributed by atoms with Crippen LogP contribution in [-0.4, -0.2) is 28.6 Å². The SMILES string of the molecule is C[C@]1(CC(=O)O)CC[C@H]2[C@@H]3[C@H](CCCCCCCCCCCO)CC4=CC(=O)CC[C@]4(C)[C@H]3CC[C@@]21C. The molecule has 0 aromatic heterocycles. The Bertz CT molecular complexity index is 847. The number of rotatable bonds is 13. The lowest BCUT2D eigenvalue weighted by molar-refractivity contribution is -0.145. The van der Waals surface area contributed by atoms with E-state index < -0.39 is 5.97 Å². The largest absolute Gasteiger partial charge is 0.481 e. The molecule has 0 radical (unpaired) electrons. The first-order valence-electron chi connectivity index (χ1n) is 15.7. The van der Waals surface area contributed by atoms with E-state index in [-0.39, 0.29) is 16.2 Å². The lowest BCUT2D eigenvalue weighted by atomic mass is 9.43.